The van der Waals surface area contributed by atoms with Gasteiger partial charge in [0, 0.05) is 13.1 Å². The van der Waals surface area contributed by atoms with E-state index < -0.39 is 0 Å². The Morgan fingerprint density at radius 1 is 1.28 bits per heavy atom. The van der Waals surface area contributed by atoms with Gasteiger partial charge in [-0.2, -0.15) is 4.98 Å². The fraction of sp³-hybridized carbons (Fsp3) is 0.692. The first-order valence-corrected chi connectivity index (χ1v) is 7.31. The summed E-state index contributed by atoms with van der Waals surface area (Å²) < 4.78 is 6.02. The number of hydrogen-bond acceptors (Lipinski definition) is 4. The molecule has 0 radical (unpaired) electrons. The van der Waals surface area contributed by atoms with Crippen molar-refractivity contribution in [1.29, 1.82) is 0 Å². The Hall–Kier alpha value is -0.840. The minimum Gasteiger partial charge on any atom is -0.480 e. The SMILES string of the molecule is COc1nc(N(C)C2CCCCCC2)ncc1Br. The molecule has 0 atom stereocenters. The van der Waals surface area contributed by atoms with Crippen LogP contribution in [0, 0.1) is 0 Å². The predicted molar refractivity (Wildman–Crippen MR) is 76.2 cm³/mol. The molecule has 0 aromatic carbocycles. The summed E-state index contributed by atoms with van der Waals surface area (Å²) in [5, 5.41) is 0. The molecule has 0 aliphatic heterocycles. The van der Waals surface area contributed by atoms with Gasteiger partial charge >= 0.3 is 0 Å². The molecule has 1 aliphatic rings. The molecule has 1 fully saturated rings. The third-order valence-electron chi connectivity index (χ3n) is 3.58. The summed E-state index contributed by atoms with van der Waals surface area (Å²) >= 11 is 3.38. The van der Waals surface area contributed by atoms with Crippen molar-refractivity contribution in [1.82, 2.24) is 9.97 Å². The molecule has 4 nitrogen and oxygen atoms in total. The lowest BCUT2D eigenvalue weighted by atomic mass is 10.1. The van der Waals surface area contributed by atoms with E-state index in [1.807, 2.05) is 0 Å². The molecule has 18 heavy (non-hydrogen) atoms. The standard InChI is InChI=1S/C13H20BrN3O/c1-17(10-7-5-3-4-6-8-10)13-15-9-11(14)12(16-13)18-2/h9-10H,3-8H2,1-2H3. The van der Waals surface area contributed by atoms with Crippen molar-refractivity contribution in [2.45, 2.75) is 44.6 Å². The van der Waals surface area contributed by atoms with E-state index in [1.54, 1.807) is 13.3 Å². The van der Waals surface area contributed by atoms with Crippen LogP contribution in [0.4, 0.5) is 5.95 Å². The molecule has 1 aliphatic carbocycles. The van der Waals surface area contributed by atoms with Gasteiger partial charge < -0.3 is 9.64 Å². The van der Waals surface area contributed by atoms with E-state index in [9.17, 15) is 0 Å². The quantitative estimate of drug-likeness (QED) is 0.802. The molecule has 1 aromatic rings. The van der Waals surface area contributed by atoms with Crippen molar-refractivity contribution < 1.29 is 4.74 Å². The van der Waals surface area contributed by atoms with E-state index in [0.717, 1.165) is 10.4 Å². The van der Waals surface area contributed by atoms with Crippen molar-refractivity contribution in [2.24, 2.45) is 0 Å². The normalized spacial score (nSPS) is 17.3. The fourth-order valence-corrected chi connectivity index (χ4v) is 2.82. The van der Waals surface area contributed by atoms with Gasteiger partial charge in [-0.3, -0.25) is 0 Å². The Kier molecular flexibility index (Phi) is 4.80. The number of ether oxygens (including phenoxy) is 1. The molecular formula is C13H20BrN3O. The zero-order valence-corrected chi connectivity index (χ0v) is 12.6. The summed E-state index contributed by atoms with van der Waals surface area (Å²) in [6, 6.07) is 0.554. The lowest BCUT2D eigenvalue weighted by Gasteiger charge is -2.27. The highest BCUT2D eigenvalue weighted by Gasteiger charge is 2.19. The first kappa shape index (κ1) is 13.6. The summed E-state index contributed by atoms with van der Waals surface area (Å²) in [5.74, 6) is 1.35. The van der Waals surface area contributed by atoms with Crippen LogP contribution >= 0.6 is 15.9 Å². The van der Waals surface area contributed by atoms with E-state index in [2.05, 4.69) is 37.8 Å². The molecule has 100 valence electrons. The molecule has 1 heterocycles. The van der Waals surface area contributed by atoms with Gasteiger partial charge in [0.2, 0.25) is 11.8 Å². The van der Waals surface area contributed by atoms with Crippen molar-refractivity contribution in [3.63, 3.8) is 0 Å². The Bertz CT molecular complexity index is 392. The molecule has 0 amide bonds. The molecule has 2 rings (SSSR count). The lowest BCUT2D eigenvalue weighted by Crippen LogP contribution is -2.32. The van der Waals surface area contributed by atoms with E-state index in [1.165, 1.54) is 38.5 Å². The first-order chi connectivity index (χ1) is 8.72. The van der Waals surface area contributed by atoms with Crippen LogP contribution in [0.5, 0.6) is 5.88 Å². The molecule has 0 N–H and O–H groups in total. The van der Waals surface area contributed by atoms with Gasteiger partial charge in [0.15, 0.2) is 0 Å². The lowest BCUT2D eigenvalue weighted by molar-refractivity contribution is 0.393. The minimum absolute atomic E-state index is 0.554. The van der Waals surface area contributed by atoms with Crippen LogP contribution in [0.2, 0.25) is 0 Å². The molecule has 0 saturated heterocycles. The highest BCUT2D eigenvalue weighted by Crippen LogP contribution is 2.27. The van der Waals surface area contributed by atoms with E-state index >= 15 is 0 Å². The van der Waals surface area contributed by atoms with E-state index in [0.29, 0.717) is 11.9 Å². The summed E-state index contributed by atoms with van der Waals surface area (Å²) in [7, 11) is 3.71. The molecule has 0 spiro atoms. The second kappa shape index (κ2) is 6.36. The van der Waals surface area contributed by atoms with Crippen molar-refractivity contribution in [3.8, 4) is 5.88 Å². The van der Waals surface area contributed by atoms with Gasteiger partial charge in [-0.15, -0.1) is 0 Å². The number of hydrogen-bond donors (Lipinski definition) is 0. The fourth-order valence-electron chi connectivity index (χ4n) is 2.46. The number of nitrogens with zero attached hydrogens (tertiary/aromatic N) is 3. The summed E-state index contributed by atoms with van der Waals surface area (Å²) in [6.45, 7) is 0. The zero-order chi connectivity index (χ0) is 13.0. The maximum absolute atomic E-state index is 5.22. The van der Waals surface area contributed by atoms with Crippen LogP contribution in [-0.4, -0.2) is 30.2 Å². The molecule has 5 heteroatoms. The zero-order valence-electron chi connectivity index (χ0n) is 11.0. The van der Waals surface area contributed by atoms with Crippen molar-refractivity contribution >= 4 is 21.9 Å². The van der Waals surface area contributed by atoms with Gasteiger partial charge in [0.25, 0.3) is 0 Å². The number of halogens is 1. The Balaban J connectivity index is 2.13. The molecule has 0 bridgehead atoms. The summed E-state index contributed by atoms with van der Waals surface area (Å²) in [5.41, 5.74) is 0. The highest BCUT2D eigenvalue weighted by molar-refractivity contribution is 9.10. The van der Waals surface area contributed by atoms with E-state index in [-0.39, 0.29) is 0 Å². The van der Waals surface area contributed by atoms with Crippen LogP contribution in [0.1, 0.15) is 38.5 Å². The average molecular weight is 314 g/mol. The van der Waals surface area contributed by atoms with Crippen molar-refractivity contribution in [2.75, 3.05) is 19.1 Å². The summed E-state index contributed by atoms with van der Waals surface area (Å²) in [6.07, 6.45) is 9.56. The number of methoxy groups -OCH3 is 1. The second-order valence-electron chi connectivity index (χ2n) is 4.78. The average Bonchev–Trinajstić information content (AvgIpc) is 2.67. The van der Waals surface area contributed by atoms with Crippen LogP contribution in [-0.2, 0) is 0 Å². The highest BCUT2D eigenvalue weighted by atomic mass is 79.9. The third-order valence-corrected chi connectivity index (χ3v) is 4.12. The van der Waals surface area contributed by atoms with Crippen LogP contribution in [0.3, 0.4) is 0 Å². The Labute approximate surface area is 117 Å². The Morgan fingerprint density at radius 2 is 1.94 bits per heavy atom. The number of anilines is 1. The summed E-state index contributed by atoms with van der Waals surface area (Å²) in [4.78, 5) is 11.0. The maximum Gasteiger partial charge on any atom is 0.232 e. The topological polar surface area (TPSA) is 38.2 Å². The molecule has 1 aromatic heterocycles. The van der Waals surface area contributed by atoms with Gasteiger partial charge in [0.1, 0.15) is 0 Å². The van der Waals surface area contributed by atoms with Crippen LogP contribution in [0.25, 0.3) is 0 Å². The maximum atomic E-state index is 5.22. The van der Waals surface area contributed by atoms with Gasteiger partial charge in [-0.25, -0.2) is 4.98 Å². The Morgan fingerprint density at radius 3 is 2.56 bits per heavy atom. The van der Waals surface area contributed by atoms with E-state index in [4.69, 9.17) is 4.74 Å². The first-order valence-electron chi connectivity index (χ1n) is 6.51. The smallest absolute Gasteiger partial charge is 0.232 e. The van der Waals surface area contributed by atoms with Gasteiger partial charge in [-0.1, -0.05) is 25.7 Å². The van der Waals surface area contributed by atoms with Crippen LogP contribution in [0.15, 0.2) is 10.7 Å². The minimum atomic E-state index is 0.554. The number of rotatable bonds is 3. The van der Waals surface area contributed by atoms with Gasteiger partial charge in [0.05, 0.1) is 17.8 Å². The molecule has 1 saturated carbocycles. The second-order valence-corrected chi connectivity index (χ2v) is 5.64. The predicted octanol–water partition coefficient (Wildman–Crippen LogP) is 3.41. The molecular weight excluding hydrogens is 294 g/mol. The van der Waals surface area contributed by atoms with Gasteiger partial charge in [-0.05, 0) is 28.8 Å². The molecule has 0 unspecified atom stereocenters. The number of aromatic nitrogens is 2. The van der Waals surface area contributed by atoms with Crippen LogP contribution < -0.4 is 9.64 Å². The monoisotopic (exact) mass is 313 g/mol. The third kappa shape index (κ3) is 3.13. The van der Waals surface area contributed by atoms with Crippen molar-refractivity contribution in [3.05, 3.63) is 10.7 Å². The largest absolute Gasteiger partial charge is 0.480 e.